The highest BCUT2D eigenvalue weighted by Gasteiger charge is 2.34. The van der Waals surface area contributed by atoms with Gasteiger partial charge in [-0.05, 0) is 41.3 Å². The first-order valence-corrected chi connectivity index (χ1v) is 9.13. The summed E-state index contributed by atoms with van der Waals surface area (Å²) in [6.45, 7) is 3.18. The Hall–Kier alpha value is -2.53. The first-order chi connectivity index (χ1) is 12.7. The number of benzene rings is 2. The quantitative estimate of drug-likeness (QED) is 0.867. The summed E-state index contributed by atoms with van der Waals surface area (Å²) < 4.78 is 11.2. The first kappa shape index (κ1) is 16.9. The Kier molecular flexibility index (Phi) is 4.80. The van der Waals surface area contributed by atoms with Crippen molar-refractivity contribution in [2.24, 2.45) is 5.92 Å². The van der Waals surface area contributed by atoms with Gasteiger partial charge in [-0.15, -0.1) is 0 Å². The Labute approximate surface area is 153 Å². The van der Waals surface area contributed by atoms with Crippen molar-refractivity contribution in [1.29, 1.82) is 0 Å². The number of rotatable bonds is 5. The summed E-state index contributed by atoms with van der Waals surface area (Å²) in [5.74, 6) is 2.47. The lowest BCUT2D eigenvalue weighted by Crippen LogP contribution is -2.28. The lowest BCUT2D eigenvalue weighted by Gasteiger charge is -2.17. The van der Waals surface area contributed by atoms with Gasteiger partial charge in [-0.1, -0.05) is 18.2 Å². The van der Waals surface area contributed by atoms with E-state index in [1.807, 2.05) is 30.3 Å². The van der Waals surface area contributed by atoms with Gasteiger partial charge >= 0.3 is 0 Å². The van der Waals surface area contributed by atoms with E-state index in [9.17, 15) is 4.79 Å². The van der Waals surface area contributed by atoms with Gasteiger partial charge in [0, 0.05) is 37.5 Å². The molecule has 0 spiro atoms. The molecule has 1 fully saturated rings. The highest BCUT2D eigenvalue weighted by atomic mass is 16.5. The predicted octanol–water partition coefficient (Wildman–Crippen LogP) is 2.36. The van der Waals surface area contributed by atoms with E-state index in [1.165, 1.54) is 0 Å². The van der Waals surface area contributed by atoms with Crippen LogP contribution in [0, 0.1) is 5.92 Å². The predicted molar refractivity (Wildman–Crippen MR) is 100 cm³/mol. The van der Waals surface area contributed by atoms with Gasteiger partial charge in [0.15, 0.2) is 0 Å². The second-order valence-corrected chi connectivity index (χ2v) is 6.93. The summed E-state index contributed by atoms with van der Waals surface area (Å²) >= 11 is 0. The molecule has 2 aliphatic heterocycles. The topological polar surface area (TPSA) is 59.6 Å². The molecule has 2 atom stereocenters. The minimum Gasteiger partial charge on any atom is -0.497 e. The molecule has 2 aromatic carbocycles. The molecule has 2 aliphatic rings. The van der Waals surface area contributed by atoms with Crippen LogP contribution in [-0.4, -0.2) is 39.3 Å². The molecule has 0 bridgehead atoms. The zero-order valence-electron chi connectivity index (χ0n) is 15.0. The molecule has 5 heteroatoms. The summed E-state index contributed by atoms with van der Waals surface area (Å²) in [7, 11) is 1.67. The number of nitrogens with one attached hydrogen (secondary N) is 2. The zero-order chi connectivity index (χ0) is 17.9. The van der Waals surface area contributed by atoms with E-state index in [-0.39, 0.29) is 5.91 Å². The van der Waals surface area contributed by atoms with Gasteiger partial charge in [0.25, 0.3) is 5.91 Å². The van der Waals surface area contributed by atoms with Gasteiger partial charge in [-0.2, -0.15) is 0 Å². The number of carbonyl (C=O) groups excluding carboxylic acids is 1. The van der Waals surface area contributed by atoms with Crippen molar-refractivity contribution in [3.05, 3.63) is 59.2 Å². The van der Waals surface area contributed by atoms with Gasteiger partial charge in [-0.25, -0.2) is 0 Å². The number of methoxy groups -OCH3 is 1. The second kappa shape index (κ2) is 7.38. The minimum absolute atomic E-state index is 0.00708. The Bertz CT molecular complexity index is 806. The van der Waals surface area contributed by atoms with E-state index in [0.717, 1.165) is 54.2 Å². The maximum atomic E-state index is 12.5. The highest BCUT2D eigenvalue weighted by molar-refractivity contribution is 5.96. The molecular formula is C21H24N2O3. The summed E-state index contributed by atoms with van der Waals surface area (Å²) in [5, 5.41) is 6.48. The SMILES string of the molecule is COc1cccc(CCOc2ccc3c(c2)C(=O)NC[C@H]2CNC[C@H]32)c1. The Morgan fingerprint density at radius 3 is 2.88 bits per heavy atom. The van der Waals surface area contributed by atoms with E-state index in [2.05, 4.69) is 22.8 Å². The number of fused-ring (bicyclic) bond motifs is 3. The van der Waals surface area contributed by atoms with Crippen molar-refractivity contribution in [3.63, 3.8) is 0 Å². The summed E-state index contributed by atoms with van der Waals surface area (Å²) in [5.41, 5.74) is 3.05. The van der Waals surface area contributed by atoms with Gasteiger partial charge in [-0.3, -0.25) is 4.79 Å². The standard InChI is InChI=1S/C21H24N2O3/c1-25-16-4-2-3-14(9-16)7-8-26-17-5-6-18-19(10-17)21(24)23-12-15-11-22-13-20(15)18/h2-6,9-10,15,20,22H,7-8,11-13H2,1H3,(H,23,24)/t15-,20+/m1/s1. The third kappa shape index (κ3) is 3.40. The fraction of sp³-hybridized carbons (Fsp3) is 0.381. The molecule has 136 valence electrons. The van der Waals surface area contributed by atoms with Crippen LogP contribution in [0.3, 0.4) is 0 Å². The number of amides is 1. The number of hydrogen-bond acceptors (Lipinski definition) is 4. The highest BCUT2D eigenvalue weighted by Crippen LogP contribution is 2.34. The van der Waals surface area contributed by atoms with E-state index in [0.29, 0.717) is 18.4 Å². The first-order valence-electron chi connectivity index (χ1n) is 9.13. The zero-order valence-corrected chi connectivity index (χ0v) is 15.0. The molecule has 0 aromatic heterocycles. The Morgan fingerprint density at radius 2 is 2.00 bits per heavy atom. The van der Waals surface area contributed by atoms with Crippen molar-refractivity contribution in [3.8, 4) is 11.5 Å². The average Bonchev–Trinajstić information content (AvgIpc) is 3.10. The molecule has 26 heavy (non-hydrogen) atoms. The van der Waals surface area contributed by atoms with Crippen LogP contribution >= 0.6 is 0 Å². The monoisotopic (exact) mass is 352 g/mol. The lowest BCUT2D eigenvalue weighted by molar-refractivity contribution is 0.0952. The summed E-state index contributed by atoms with van der Waals surface area (Å²) in [6.07, 6.45) is 0.787. The van der Waals surface area contributed by atoms with Crippen LogP contribution in [0.1, 0.15) is 27.4 Å². The molecule has 2 aromatic rings. The van der Waals surface area contributed by atoms with Crippen molar-refractivity contribution in [2.45, 2.75) is 12.3 Å². The third-order valence-electron chi connectivity index (χ3n) is 5.33. The van der Waals surface area contributed by atoms with Crippen molar-refractivity contribution >= 4 is 5.91 Å². The molecule has 0 radical (unpaired) electrons. The third-order valence-corrected chi connectivity index (χ3v) is 5.33. The summed E-state index contributed by atoms with van der Waals surface area (Å²) in [4.78, 5) is 12.5. The molecule has 1 saturated heterocycles. The Morgan fingerprint density at radius 1 is 1.08 bits per heavy atom. The molecule has 0 unspecified atom stereocenters. The lowest BCUT2D eigenvalue weighted by atomic mass is 9.87. The van der Waals surface area contributed by atoms with Crippen LogP contribution in [-0.2, 0) is 6.42 Å². The van der Waals surface area contributed by atoms with E-state index in [1.54, 1.807) is 7.11 Å². The molecule has 4 rings (SSSR count). The largest absolute Gasteiger partial charge is 0.497 e. The van der Waals surface area contributed by atoms with Gasteiger partial charge in [0.05, 0.1) is 13.7 Å². The van der Waals surface area contributed by atoms with E-state index in [4.69, 9.17) is 9.47 Å². The smallest absolute Gasteiger partial charge is 0.251 e. The van der Waals surface area contributed by atoms with Crippen molar-refractivity contribution in [1.82, 2.24) is 10.6 Å². The van der Waals surface area contributed by atoms with Crippen LogP contribution in [0.25, 0.3) is 0 Å². The fourth-order valence-electron chi connectivity index (χ4n) is 3.89. The second-order valence-electron chi connectivity index (χ2n) is 6.93. The van der Waals surface area contributed by atoms with Crippen LogP contribution in [0.15, 0.2) is 42.5 Å². The minimum atomic E-state index is 0.00708. The maximum Gasteiger partial charge on any atom is 0.251 e. The van der Waals surface area contributed by atoms with E-state index >= 15 is 0 Å². The van der Waals surface area contributed by atoms with Gasteiger partial charge < -0.3 is 20.1 Å². The Balaban J connectivity index is 1.46. The van der Waals surface area contributed by atoms with E-state index < -0.39 is 0 Å². The number of carbonyl (C=O) groups is 1. The van der Waals surface area contributed by atoms with Crippen molar-refractivity contribution < 1.29 is 14.3 Å². The van der Waals surface area contributed by atoms with Gasteiger partial charge in [0.2, 0.25) is 0 Å². The van der Waals surface area contributed by atoms with Gasteiger partial charge in [0.1, 0.15) is 11.5 Å². The maximum absolute atomic E-state index is 12.5. The fourth-order valence-corrected chi connectivity index (χ4v) is 3.89. The molecule has 0 aliphatic carbocycles. The van der Waals surface area contributed by atoms with Crippen LogP contribution in [0.5, 0.6) is 11.5 Å². The molecule has 1 amide bonds. The number of hydrogen-bond donors (Lipinski definition) is 2. The summed E-state index contributed by atoms with van der Waals surface area (Å²) in [6, 6.07) is 13.9. The van der Waals surface area contributed by atoms with Crippen LogP contribution < -0.4 is 20.1 Å². The molecule has 2 heterocycles. The normalized spacial score (nSPS) is 21.3. The molecular weight excluding hydrogens is 328 g/mol. The molecule has 2 N–H and O–H groups in total. The molecule has 0 saturated carbocycles. The van der Waals surface area contributed by atoms with Crippen LogP contribution in [0.2, 0.25) is 0 Å². The van der Waals surface area contributed by atoms with Crippen molar-refractivity contribution in [2.75, 3.05) is 33.4 Å². The molecule has 5 nitrogen and oxygen atoms in total. The van der Waals surface area contributed by atoms with Crippen LogP contribution in [0.4, 0.5) is 0 Å². The number of ether oxygens (including phenoxy) is 2. The average molecular weight is 352 g/mol.